The molecule has 0 spiro atoms. The van der Waals surface area contributed by atoms with Crippen LogP contribution in [0, 0.1) is 0 Å². The van der Waals surface area contributed by atoms with Gasteiger partial charge in [0.1, 0.15) is 0 Å². The Hall–Kier alpha value is -0.900. The lowest BCUT2D eigenvalue weighted by Crippen LogP contribution is -2.82. The van der Waals surface area contributed by atoms with Crippen LogP contribution in [0.25, 0.3) is 0 Å². The van der Waals surface area contributed by atoms with Gasteiger partial charge in [-0.3, -0.25) is 4.79 Å². The average molecular weight is 186 g/mol. The zero-order chi connectivity index (χ0) is 9.94. The SMILES string of the molecule is CC(=O)NCCCCCC[NH2+][C-]=O. The Morgan fingerprint density at radius 3 is 2.62 bits per heavy atom. The summed E-state index contributed by atoms with van der Waals surface area (Å²) in [6.45, 7) is 3.11. The van der Waals surface area contributed by atoms with Crippen molar-refractivity contribution in [3.63, 3.8) is 0 Å². The number of hydrogen-bond donors (Lipinski definition) is 2. The first kappa shape index (κ1) is 12.1. The molecule has 0 heterocycles. The summed E-state index contributed by atoms with van der Waals surface area (Å²) < 4.78 is 0. The van der Waals surface area contributed by atoms with Gasteiger partial charge in [-0.05, 0) is 25.7 Å². The van der Waals surface area contributed by atoms with E-state index in [9.17, 15) is 9.59 Å². The highest BCUT2D eigenvalue weighted by Gasteiger charge is 1.91. The second kappa shape index (κ2) is 9.19. The van der Waals surface area contributed by atoms with Gasteiger partial charge in [-0.2, -0.15) is 0 Å². The summed E-state index contributed by atoms with van der Waals surface area (Å²) in [6, 6.07) is 0. The quantitative estimate of drug-likeness (QED) is 0.389. The number of carbonyl (C=O) groups is 1. The lowest BCUT2D eigenvalue weighted by Gasteiger charge is -2.02. The standard InChI is InChI=1S/C9H18N2O2/c1-9(13)11-7-5-3-2-4-6-10-8-12/h2-7,10H2,1H3,(H,11,13). The van der Waals surface area contributed by atoms with Crippen LogP contribution in [-0.2, 0) is 9.59 Å². The molecule has 0 atom stereocenters. The smallest absolute Gasteiger partial charge is 0.216 e. The first-order valence-electron chi connectivity index (χ1n) is 4.71. The summed E-state index contributed by atoms with van der Waals surface area (Å²) in [4.78, 5) is 20.2. The monoisotopic (exact) mass is 186 g/mol. The number of nitrogens with one attached hydrogen (secondary N) is 1. The number of unbranched alkanes of at least 4 members (excludes halogenated alkanes) is 3. The second-order valence-electron chi connectivity index (χ2n) is 3.01. The second-order valence-corrected chi connectivity index (χ2v) is 3.01. The molecule has 2 amide bonds. The van der Waals surface area contributed by atoms with Crippen molar-refractivity contribution >= 4 is 12.3 Å². The van der Waals surface area contributed by atoms with Crippen molar-refractivity contribution in [2.45, 2.75) is 32.6 Å². The number of primary amides is 1. The Morgan fingerprint density at radius 2 is 2.00 bits per heavy atom. The van der Waals surface area contributed by atoms with E-state index in [1.54, 1.807) is 6.41 Å². The van der Waals surface area contributed by atoms with Crippen molar-refractivity contribution in [3.05, 3.63) is 0 Å². The summed E-state index contributed by atoms with van der Waals surface area (Å²) in [5, 5.41) is 4.26. The molecule has 0 aliphatic carbocycles. The van der Waals surface area contributed by atoms with Crippen LogP contribution in [0.3, 0.4) is 0 Å². The third-order valence-corrected chi connectivity index (χ3v) is 1.73. The first-order chi connectivity index (χ1) is 6.27. The van der Waals surface area contributed by atoms with E-state index in [2.05, 4.69) is 5.32 Å². The molecule has 0 bridgehead atoms. The fourth-order valence-corrected chi connectivity index (χ4v) is 1.05. The van der Waals surface area contributed by atoms with Crippen LogP contribution in [0.1, 0.15) is 32.6 Å². The number of hydrogen-bond acceptors (Lipinski definition) is 2. The minimum atomic E-state index is 0.0314. The van der Waals surface area contributed by atoms with Gasteiger partial charge in [0.2, 0.25) is 5.91 Å². The fraction of sp³-hybridized carbons (Fsp3) is 0.778. The Balaban J connectivity index is 2.91. The highest BCUT2D eigenvalue weighted by Crippen LogP contribution is 1.96. The van der Waals surface area contributed by atoms with Crippen molar-refractivity contribution in [3.8, 4) is 0 Å². The van der Waals surface area contributed by atoms with Gasteiger partial charge in [0, 0.05) is 13.5 Å². The molecule has 0 saturated heterocycles. The van der Waals surface area contributed by atoms with E-state index < -0.39 is 0 Å². The molecule has 0 radical (unpaired) electrons. The molecule has 0 unspecified atom stereocenters. The first-order valence-corrected chi connectivity index (χ1v) is 4.71. The maximum atomic E-state index is 10.5. The molecule has 0 rings (SSSR count). The van der Waals surface area contributed by atoms with Crippen LogP contribution in [0.2, 0.25) is 0 Å². The number of quaternary nitrogens is 1. The molecular formula is C9H18N2O2. The van der Waals surface area contributed by atoms with E-state index in [0.29, 0.717) is 0 Å². The normalized spacial score (nSPS) is 9.62. The van der Waals surface area contributed by atoms with Crippen LogP contribution in [-0.4, -0.2) is 25.4 Å². The molecule has 4 nitrogen and oxygen atoms in total. The van der Waals surface area contributed by atoms with Gasteiger partial charge in [-0.1, -0.05) is 6.42 Å². The van der Waals surface area contributed by atoms with E-state index in [4.69, 9.17) is 0 Å². The summed E-state index contributed by atoms with van der Waals surface area (Å²) in [7, 11) is 0. The van der Waals surface area contributed by atoms with Crippen molar-refractivity contribution < 1.29 is 14.9 Å². The van der Waals surface area contributed by atoms with E-state index in [1.807, 2.05) is 0 Å². The molecule has 0 aromatic heterocycles. The summed E-state index contributed by atoms with van der Waals surface area (Å²) in [5.41, 5.74) is 0. The molecule has 0 aromatic rings. The predicted molar refractivity (Wildman–Crippen MR) is 49.6 cm³/mol. The third-order valence-electron chi connectivity index (χ3n) is 1.73. The van der Waals surface area contributed by atoms with Gasteiger partial charge >= 0.3 is 0 Å². The molecule has 0 fully saturated rings. The van der Waals surface area contributed by atoms with Gasteiger partial charge in [-0.15, -0.1) is 0 Å². The van der Waals surface area contributed by atoms with Crippen LogP contribution in [0.4, 0.5) is 0 Å². The Kier molecular flexibility index (Phi) is 8.55. The summed E-state index contributed by atoms with van der Waals surface area (Å²) >= 11 is 0. The minimum absolute atomic E-state index is 0.0314. The largest absolute Gasteiger partial charge is 0.475 e. The zero-order valence-corrected chi connectivity index (χ0v) is 8.14. The zero-order valence-electron chi connectivity index (χ0n) is 8.14. The number of amides is 2. The average Bonchev–Trinajstić information content (AvgIpc) is 2.09. The summed E-state index contributed by atoms with van der Waals surface area (Å²) in [6.07, 6.45) is 6.02. The van der Waals surface area contributed by atoms with Crippen molar-refractivity contribution in [2.24, 2.45) is 0 Å². The molecule has 4 heteroatoms. The molecule has 0 aromatic carbocycles. The van der Waals surface area contributed by atoms with Crippen molar-refractivity contribution in [1.82, 2.24) is 5.32 Å². The maximum Gasteiger partial charge on any atom is 0.216 e. The van der Waals surface area contributed by atoms with Gasteiger partial charge in [0.25, 0.3) is 0 Å². The molecule has 76 valence electrons. The topological polar surface area (TPSA) is 62.8 Å². The van der Waals surface area contributed by atoms with Gasteiger partial charge in [0.05, 0.1) is 6.54 Å². The molecule has 0 aliphatic rings. The Bertz CT molecular complexity index is 149. The molecule has 0 saturated carbocycles. The highest BCUT2D eigenvalue weighted by atomic mass is 16.1. The Morgan fingerprint density at radius 1 is 1.31 bits per heavy atom. The van der Waals surface area contributed by atoms with Crippen LogP contribution in [0.15, 0.2) is 0 Å². The Labute approximate surface area is 79.1 Å². The van der Waals surface area contributed by atoms with Crippen molar-refractivity contribution in [1.29, 1.82) is 0 Å². The number of rotatable bonds is 8. The lowest BCUT2D eigenvalue weighted by atomic mass is 10.2. The van der Waals surface area contributed by atoms with E-state index in [1.165, 1.54) is 12.2 Å². The van der Waals surface area contributed by atoms with Gasteiger partial charge in [0.15, 0.2) is 0 Å². The minimum Gasteiger partial charge on any atom is -0.475 e. The third kappa shape index (κ3) is 11.1. The molecule has 3 N–H and O–H groups in total. The molecule has 0 aliphatic heterocycles. The maximum absolute atomic E-state index is 10.5. The van der Waals surface area contributed by atoms with Crippen LogP contribution >= 0.6 is 0 Å². The van der Waals surface area contributed by atoms with E-state index in [0.717, 1.165) is 38.8 Å². The number of nitrogens with two attached hydrogens (primary N) is 1. The van der Waals surface area contributed by atoms with Crippen LogP contribution < -0.4 is 10.6 Å². The van der Waals surface area contributed by atoms with Gasteiger partial charge in [-0.25, -0.2) is 0 Å². The predicted octanol–water partition coefficient (Wildman–Crippen LogP) is -0.686. The highest BCUT2D eigenvalue weighted by molar-refractivity contribution is 5.72. The van der Waals surface area contributed by atoms with Gasteiger partial charge < -0.3 is 15.4 Å². The number of carbonyl (C=O) groups excluding carboxylic acids is 2. The van der Waals surface area contributed by atoms with E-state index >= 15 is 0 Å². The van der Waals surface area contributed by atoms with Crippen LogP contribution in [0.5, 0.6) is 0 Å². The fourth-order valence-electron chi connectivity index (χ4n) is 1.05. The van der Waals surface area contributed by atoms with E-state index in [-0.39, 0.29) is 5.91 Å². The lowest BCUT2D eigenvalue weighted by molar-refractivity contribution is -0.537. The molecular weight excluding hydrogens is 168 g/mol. The summed E-state index contributed by atoms with van der Waals surface area (Å²) in [5.74, 6) is 0.0314. The van der Waals surface area contributed by atoms with Crippen molar-refractivity contribution in [2.75, 3.05) is 13.1 Å². The molecule has 13 heavy (non-hydrogen) atoms.